The number of hydrogen-bond donors (Lipinski definition) is 2. The molecule has 3 aliphatic rings. The molecule has 0 aromatic heterocycles. The number of piperidine rings is 1. The van der Waals surface area contributed by atoms with Crippen LogP contribution in [0, 0.1) is 11.8 Å². The quantitative estimate of drug-likeness (QED) is 0.805. The Morgan fingerprint density at radius 3 is 2.70 bits per heavy atom. The highest BCUT2D eigenvalue weighted by molar-refractivity contribution is 6.08. The van der Waals surface area contributed by atoms with E-state index in [0.717, 1.165) is 37.0 Å². The maximum absolute atomic E-state index is 13.1. The zero-order valence-electron chi connectivity index (χ0n) is 15.0. The molecule has 5 rings (SSSR count). The summed E-state index contributed by atoms with van der Waals surface area (Å²) in [7, 11) is 0. The van der Waals surface area contributed by atoms with Gasteiger partial charge in [-0.2, -0.15) is 0 Å². The number of benzene rings is 2. The summed E-state index contributed by atoms with van der Waals surface area (Å²) in [5.41, 5.74) is 1.01. The van der Waals surface area contributed by atoms with E-state index in [9.17, 15) is 9.59 Å². The molecule has 138 valence electrons. The number of carbonyl (C=O) groups excluding carboxylic acids is 2. The number of nitrogens with one attached hydrogen (secondary N) is 2. The number of rotatable bonds is 2. The molecule has 2 fully saturated rings. The van der Waals surface area contributed by atoms with Crippen molar-refractivity contribution in [3.8, 4) is 5.75 Å². The number of hydrogen-bond acceptors (Lipinski definition) is 3. The Labute approximate surface area is 158 Å². The predicted octanol–water partition coefficient (Wildman–Crippen LogP) is 3.43. The van der Waals surface area contributed by atoms with Crippen molar-refractivity contribution in [2.24, 2.45) is 11.8 Å². The molecule has 1 saturated carbocycles. The molecule has 2 aliphatic heterocycles. The molecule has 1 saturated heterocycles. The predicted molar refractivity (Wildman–Crippen MR) is 101 cm³/mol. The lowest BCUT2D eigenvalue weighted by Crippen LogP contribution is -2.69. The summed E-state index contributed by atoms with van der Waals surface area (Å²) in [6.07, 6.45) is 3.86. The number of carbonyl (C=O) groups is 2. The van der Waals surface area contributed by atoms with Crippen LogP contribution < -0.4 is 15.4 Å². The number of para-hydroxylation sites is 2. The normalized spacial score (nSPS) is 31.0. The minimum absolute atomic E-state index is 0.116. The van der Waals surface area contributed by atoms with Crippen LogP contribution >= 0.6 is 0 Å². The smallest absolute Gasteiger partial charge is 0.237 e. The largest absolute Gasteiger partial charge is 0.467 e. The Kier molecular flexibility index (Phi) is 3.71. The van der Waals surface area contributed by atoms with Gasteiger partial charge in [0.25, 0.3) is 0 Å². The van der Waals surface area contributed by atoms with Crippen molar-refractivity contribution in [3.05, 3.63) is 60.2 Å². The van der Waals surface area contributed by atoms with Gasteiger partial charge in [-0.15, -0.1) is 0 Å². The first-order valence-corrected chi connectivity index (χ1v) is 9.64. The molecule has 2 bridgehead atoms. The van der Waals surface area contributed by atoms with Crippen molar-refractivity contribution in [1.29, 1.82) is 0 Å². The van der Waals surface area contributed by atoms with Crippen LogP contribution in [0.15, 0.2) is 54.6 Å². The first kappa shape index (κ1) is 16.4. The Balaban J connectivity index is 1.57. The van der Waals surface area contributed by atoms with Crippen molar-refractivity contribution in [2.45, 2.75) is 37.3 Å². The lowest BCUT2D eigenvalue weighted by molar-refractivity contribution is -0.160. The molecule has 2 amide bonds. The van der Waals surface area contributed by atoms with Crippen LogP contribution in [0.5, 0.6) is 5.75 Å². The van der Waals surface area contributed by atoms with Crippen LogP contribution in [0.3, 0.4) is 0 Å². The lowest BCUT2D eigenvalue weighted by Gasteiger charge is -2.55. The second kappa shape index (κ2) is 6.12. The molecule has 2 heterocycles. The topological polar surface area (TPSA) is 67.4 Å². The molecule has 0 radical (unpaired) electrons. The van der Waals surface area contributed by atoms with E-state index in [2.05, 4.69) is 10.6 Å². The number of ether oxygens (including phenoxy) is 1. The molecule has 0 unspecified atom stereocenters. The van der Waals surface area contributed by atoms with E-state index < -0.39 is 11.6 Å². The fourth-order valence-electron chi connectivity index (χ4n) is 5.09. The van der Waals surface area contributed by atoms with Crippen molar-refractivity contribution in [2.75, 3.05) is 5.32 Å². The van der Waals surface area contributed by atoms with E-state index >= 15 is 0 Å². The summed E-state index contributed by atoms with van der Waals surface area (Å²) < 4.78 is 6.35. The Morgan fingerprint density at radius 1 is 1.07 bits per heavy atom. The lowest BCUT2D eigenvalue weighted by atomic mass is 9.62. The van der Waals surface area contributed by atoms with Gasteiger partial charge < -0.3 is 15.4 Å². The molecule has 27 heavy (non-hydrogen) atoms. The Hall–Kier alpha value is -2.82. The maximum atomic E-state index is 13.1. The van der Waals surface area contributed by atoms with Crippen LogP contribution in [0.2, 0.25) is 0 Å². The first-order chi connectivity index (χ1) is 13.2. The van der Waals surface area contributed by atoms with E-state index in [4.69, 9.17) is 4.74 Å². The summed E-state index contributed by atoms with van der Waals surface area (Å²) in [5.74, 6) is -0.497. The second-order valence-corrected chi connectivity index (χ2v) is 7.73. The summed E-state index contributed by atoms with van der Waals surface area (Å²) in [6, 6.07) is 17.1. The molecule has 5 nitrogen and oxygen atoms in total. The molecule has 1 aliphatic carbocycles. The van der Waals surface area contributed by atoms with Crippen LogP contribution in [0.25, 0.3) is 0 Å². The van der Waals surface area contributed by atoms with Crippen LogP contribution in [-0.2, 0) is 9.59 Å². The van der Waals surface area contributed by atoms with E-state index in [1.54, 1.807) is 0 Å². The Morgan fingerprint density at radius 2 is 1.85 bits per heavy atom. The van der Waals surface area contributed by atoms with Crippen molar-refractivity contribution in [1.82, 2.24) is 5.32 Å². The van der Waals surface area contributed by atoms with Gasteiger partial charge in [0.2, 0.25) is 11.8 Å². The third-order valence-electron chi connectivity index (χ3n) is 6.22. The summed E-state index contributed by atoms with van der Waals surface area (Å²) >= 11 is 0. The Bertz CT molecular complexity index is 897. The molecular formula is C22H22N2O3. The van der Waals surface area contributed by atoms with Gasteiger partial charge >= 0.3 is 0 Å². The third-order valence-corrected chi connectivity index (χ3v) is 6.22. The molecular weight excluding hydrogens is 340 g/mol. The minimum atomic E-state index is -0.758. The molecule has 2 aromatic carbocycles. The monoisotopic (exact) mass is 362 g/mol. The molecule has 2 N–H and O–H groups in total. The highest BCUT2D eigenvalue weighted by Crippen LogP contribution is 2.55. The van der Waals surface area contributed by atoms with Crippen LogP contribution in [-0.4, -0.2) is 17.5 Å². The van der Waals surface area contributed by atoms with Gasteiger partial charge in [-0.05, 0) is 36.6 Å². The van der Waals surface area contributed by atoms with Crippen molar-refractivity contribution in [3.63, 3.8) is 0 Å². The van der Waals surface area contributed by atoms with Crippen LogP contribution in [0.1, 0.15) is 37.2 Å². The number of fused-ring (bicyclic) bond motifs is 2. The average molecular weight is 362 g/mol. The standard InChI is InChI=1S/C22H22N2O3/c25-20(23-14-8-2-1-3-9-14)19-18-15-10-4-5-12-17(15)27-22(24-21(19)26)13-7-6-11-16(18)22/h1-5,8-10,12,16,18-19H,6-7,11,13H2,(H,23,25)(H,24,26)/t16-,18-,19+,22-/m0/s1. The average Bonchev–Trinajstić information content (AvgIpc) is 2.67. The highest BCUT2D eigenvalue weighted by atomic mass is 16.5. The summed E-state index contributed by atoms with van der Waals surface area (Å²) in [5, 5.41) is 6.03. The van der Waals surface area contributed by atoms with Crippen LogP contribution in [0.4, 0.5) is 5.69 Å². The van der Waals surface area contributed by atoms with E-state index in [0.29, 0.717) is 5.69 Å². The van der Waals surface area contributed by atoms with Gasteiger partial charge in [-0.1, -0.05) is 42.8 Å². The SMILES string of the molecule is O=C(Nc1ccccc1)[C@@H]1C(=O)N[C@]23CCCC[C@H]2[C@@H]1c1ccccc1O3. The zero-order chi connectivity index (χ0) is 18.4. The number of anilines is 1. The van der Waals surface area contributed by atoms with Gasteiger partial charge in [0, 0.05) is 23.9 Å². The van der Waals surface area contributed by atoms with Crippen molar-refractivity contribution < 1.29 is 14.3 Å². The van der Waals surface area contributed by atoms with Gasteiger partial charge in [0.05, 0.1) is 0 Å². The molecule has 4 atom stereocenters. The zero-order valence-corrected chi connectivity index (χ0v) is 15.0. The van der Waals surface area contributed by atoms with Crippen molar-refractivity contribution >= 4 is 17.5 Å². The van der Waals surface area contributed by atoms with Gasteiger partial charge in [-0.3, -0.25) is 9.59 Å². The van der Waals surface area contributed by atoms with E-state index in [1.165, 1.54) is 0 Å². The van der Waals surface area contributed by atoms with E-state index in [1.807, 2.05) is 54.6 Å². The highest BCUT2D eigenvalue weighted by Gasteiger charge is 2.60. The summed E-state index contributed by atoms with van der Waals surface area (Å²) in [4.78, 5) is 26.2. The fraction of sp³-hybridized carbons (Fsp3) is 0.364. The molecule has 2 aromatic rings. The fourth-order valence-corrected chi connectivity index (χ4v) is 5.09. The minimum Gasteiger partial charge on any atom is -0.467 e. The molecule has 5 heteroatoms. The van der Waals surface area contributed by atoms with Gasteiger partial charge in [0.1, 0.15) is 11.7 Å². The molecule has 0 spiro atoms. The van der Waals surface area contributed by atoms with Gasteiger partial charge in [-0.25, -0.2) is 0 Å². The first-order valence-electron chi connectivity index (χ1n) is 9.64. The second-order valence-electron chi connectivity index (χ2n) is 7.73. The summed E-state index contributed by atoms with van der Waals surface area (Å²) in [6.45, 7) is 0. The van der Waals surface area contributed by atoms with E-state index in [-0.39, 0.29) is 23.7 Å². The maximum Gasteiger partial charge on any atom is 0.237 e. The number of amides is 2. The third kappa shape index (κ3) is 2.52. The van der Waals surface area contributed by atoms with Gasteiger partial charge in [0.15, 0.2) is 5.72 Å².